The summed E-state index contributed by atoms with van der Waals surface area (Å²) in [6.45, 7) is 1.78. The van der Waals surface area contributed by atoms with Gasteiger partial charge in [0, 0.05) is 4.90 Å². The smallest absolute Gasteiger partial charge is 0.230 e. The van der Waals surface area contributed by atoms with E-state index in [1.54, 1.807) is 25.1 Å². The Labute approximate surface area is 138 Å². The minimum atomic E-state index is -0.466. The molecular formula is C17H17F2NO2S. The van der Waals surface area contributed by atoms with Crippen LogP contribution in [0, 0.1) is 11.6 Å². The first-order valence-electron chi connectivity index (χ1n) is 7.00. The van der Waals surface area contributed by atoms with Crippen molar-refractivity contribution in [2.75, 3.05) is 12.9 Å². The maximum absolute atomic E-state index is 13.7. The first-order valence-corrected chi connectivity index (χ1v) is 7.99. The molecule has 2 rings (SSSR count). The second-order valence-corrected chi connectivity index (χ2v) is 5.97. The molecule has 0 fully saturated rings. The predicted molar refractivity (Wildman–Crippen MR) is 86.6 cm³/mol. The lowest BCUT2D eigenvalue weighted by atomic mass is 10.1. The molecule has 23 heavy (non-hydrogen) atoms. The van der Waals surface area contributed by atoms with Gasteiger partial charge in [0.2, 0.25) is 5.91 Å². The summed E-state index contributed by atoms with van der Waals surface area (Å²) in [6.07, 6.45) is 0. The molecule has 3 nitrogen and oxygen atoms in total. The normalized spacial score (nSPS) is 11.8. The third-order valence-electron chi connectivity index (χ3n) is 3.24. The Balaban J connectivity index is 1.89. The summed E-state index contributed by atoms with van der Waals surface area (Å²) in [5.41, 5.74) is 0.656. The number of rotatable bonds is 6. The number of amides is 1. The van der Waals surface area contributed by atoms with Gasteiger partial charge in [-0.3, -0.25) is 4.79 Å². The van der Waals surface area contributed by atoms with Gasteiger partial charge >= 0.3 is 0 Å². The Hall–Kier alpha value is -2.08. The van der Waals surface area contributed by atoms with Gasteiger partial charge in [0.15, 0.2) is 11.6 Å². The van der Waals surface area contributed by atoms with Crippen LogP contribution >= 0.6 is 11.8 Å². The predicted octanol–water partition coefficient (Wildman–Crippen LogP) is 3.94. The van der Waals surface area contributed by atoms with E-state index in [9.17, 15) is 13.6 Å². The van der Waals surface area contributed by atoms with Gasteiger partial charge in [-0.1, -0.05) is 6.07 Å². The molecule has 1 unspecified atom stereocenters. The number of benzene rings is 2. The summed E-state index contributed by atoms with van der Waals surface area (Å²) < 4.78 is 31.3. The summed E-state index contributed by atoms with van der Waals surface area (Å²) in [4.78, 5) is 12.8. The number of hydrogen-bond donors (Lipinski definition) is 1. The van der Waals surface area contributed by atoms with Gasteiger partial charge < -0.3 is 10.1 Å². The van der Waals surface area contributed by atoms with Crippen molar-refractivity contribution in [3.63, 3.8) is 0 Å². The van der Waals surface area contributed by atoms with Crippen molar-refractivity contribution in [1.29, 1.82) is 0 Å². The molecule has 0 aliphatic carbocycles. The highest BCUT2D eigenvalue weighted by atomic mass is 32.2. The molecule has 0 spiro atoms. The van der Waals surface area contributed by atoms with Crippen molar-refractivity contribution in [3.8, 4) is 5.75 Å². The van der Waals surface area contributed by atoms with Gasteiger partial charge in [0.25, 0.3) is 0 Å². The van der Waals surface area contributed by atoms with Crippen molar-refractivity contribution < 1.29 is 18.3 Å². The molecule has 1 N–H and O–H groups in total. The number of thioether (sulfide) groups is 1. The molecule has 1 amide bonds. The van der Waals surface area contributed by atoms with Crippen LogP contribution in [-0.4, -0.2) is 18.8 Å². The molecule has 0 radical (unpaired) electrons. The van der Waals surface area contributed by atoms with Crippen LogP contribution in [0.1, 0.15) is 18.5 Å². The largest absolute Gasteiger partial charge is 0.494 e. The Bertz CT molecular complexity index is 677. The third kappa shape index (κ3) is 4.96. The van der Waals surface area contributed by atoms with Crippen molar-refractivity contribution >= 4 is 17.7 Å². The van der Waals surface area contributed by atoms with Gasteiger partial charge in [-0.2, -0.15) is 0 Å². The van der Waals surface area contributed by atoms with Gasteiger partial charge in [-0.25, -0.2) is 8.78 Å². The second-order valence-electron chi connectivity index (χ2n) is 4.93. The average molecular weight is 337 g/mol. The summed E-state index contributed by atoms with van der Waals surface area (Å²) in [5.74, 6) is -0.586. The molecule has 0 aliphatic rings. The van der Waals surface area contributed by atoms with Crippen molar-refractivity contribution in [2.24, 2.45) is 0 Å². The lowest BCUT2D eigenvalue weighted by molar-refractivity contribution is -0.119. The minimum absolute atomic E-state index is 0.166. The van der Waals surface area contributed by atoms with Gasteiger partial charge in [-0.05, 0) is 48.9 Å². The van der Waals surface area contributed by atoms with Crippen LogP contribution in [0.2, 0.25) is 0 Å². The molecule has 0 aliphatic heterocycles. The first-order chi connectivity index (χ1) is 11.0. The maximum atomic E-state index is 13.7. The molecule has 0 heterocycles. The van der Waals surface area contributed by atoms with Crippen LogP contribution in [0.4, 0.5) is 8.78 Å². The summed E-state index contributed by atoms with van der Waals surface area (Å²) in [5, 5.41) is 2.80. The van der Waals surface area contributed by atoms with E-state index in [0.29, 0.717) is 5.56 Å². The van der Waals surface area contributed by atoms with E-state index in [0.717, 1.165) is 4.90 Å². The van der Waals surface area contributed by atoms with Crippen molar-refractivity contribution in [3.05, 3.63) is 59.7 Å². The Morgan fingerprint density at radius 2 is 1.91 bits per heavy atom. The topological polar surface area (TPSA) is 38.3 Å². The average Bonchev–Trinajstić information content (AvgIpc) is 2.54. The van der Waals surface area contributed by atoms with Crippen LogP contribution in [0.15, 0.2) is 47.4 Å². The van der Waals surface area contributed by atoms with Crippen LogP contribution < -0.4 is 10.1 Å². The standard InChI is InChI=1S/C17H17F2NO2S/c1-11(12-3-8-16(22-2)15(19)9-12)20-17(21)10-23-14-6-4-13(18)5-7-14/h3-9,11H,10H2,1-2H3,(H,20,21). The molecular weight excluding hydrogens is 320 g/mol. The fraction of sp³-hybridized carbons (Fsp3) is 0.235. The van der Waals surface area contributed by atoms with E-state index in [2.05, 4.69) is 5.32 Å². The van der Waals surface area contributed by atoms with Gasteiger partial charge in [0.05, 0.1) is 18.9 Å². The third-order valence-corrected chi connectivity index (χ3v) is 4.25. The number of halogens is 2. The fourth-order valence-electron chi connectivity index (χ4n) is 2.00. The SMILES string of the molecule is COc1ccc(C(C)NC(=O)CSc2ccc(F)cc2)cc1F. The molecule has 1 atom stereocenters. The zero-order valence-corrected chi connectivity index (χ0v) is 13.6. The Morgan fingerprint density at radius 3 is 2.52 bits per heavy atom. The van der Waals surface area contributed by atoms with Crippen LogP contribution in [-0.2, 0) is 4.79 Å². The summed E-state index contributed by atoms with van der Waals surface area (Å²) in [6, 6.07) is 10.2. The minimum Gasteiger partial charge on any atom is -0.494 e. The van der Waals surface area contributed by atoms with E-state index in [1.807, 2.05) is 0 Å². The number of carbonyl (C=O) groups is 1. The van der Waals surface area contributed by atoms with E-state index >= 15 is 0 Å². The Kier molecular flexibility index (Phi) is 5.98. The van der Waals surface area contributed by atoms with E-state index < -0.39 is 5.82 Å². The van der Waals surface area contributed by atoms with Crippen molar-refractivity contribution in [2.45, 2.75) is 17.9 Å². The van der Waals surface area contributed by atoms with Crippen LogP contribution in [0.3, 0.4) is 0 Å². The number of hydrogen-bond acceptors (Lipinski definition) is 3. The highest BCUT2D eigenvalue weighted by Gasteiger charge is 2.12. The highest BCUT2D eigenvalue weighted by Crippen LogP contribution is 2.22. The summed E-state index contributed by atoms with van der Waals surface area (Å²) in [7, 11) is 1.40. The molecule has 122 valence electrons. The molecule has 6 heteroatoms. The number of carbonyl (C=O) groups excluding carboxylic acids is 1. The number of nitrogens with one attached hydrogen (secondary N) is 1. The fourth-order valence-corrected chi connectivity index (χ4v) is 2.71. The van der Waals surface area contributed by atoms with E-state index in [-0.39, 0.29) is 29.3 Å². The van der Waals surface area contributed by atoms with Crippen LogP contribution in [0.25, 0.3) is 0 Å². The number of methoxy groups -OCH3 is 1. The second kappa shape index (κ2) is 7.97. The van der Waals surface area contributed by atoms with Crippen molar-refractivity contribution in [1.82, 2.24) is 5.32 Å². The Morgan fingerprint density at radius 1 is 1.22 bits per heavy atom. The van der Waals surface area contributed by atoms with Crippen LogP contribution in [0.5, 0.6) is 5.75 Å². The molecule has 0 saturated heterocycles. The lowest BCUT2D eigenvalue weighted by Gasteiger charge is -2.15. The quantitative estimate of drug-likeness (QED) is 0.812. The zero-order valence-electron chi connectivity index (χ0n) is 12.8. The zero-order chi connectivity index (χ0) is 16.8. The highest BCUT2D eigenvalue weighted by molar-refractivity contribution is 8.00. The van der Waals surface area contributed by atoms with E-state index in [1.165, 1.54) is 43.1 Å². The van der Waals surface area contributed by atoms with Gasteiger partial charge in [0.1, 0.15) is 5.82 Å². The monoisotopic (exact) mass is 337 g/mol. The van der Waals surface area contributed by atoms with Gasteiger partial charge in [-0.15, -0.1) is 11.8 Å². The molecule has 2 aromatic carbocycles. The lowest BCUT2D eigenvalue weighted by Crippen LogP contribution is -2.28. The molecule has 0 saturated carbocycles. The molecule has 2 aromatic rings. The molecule has 0 aromatic heterocycles. The summed E-state index contributed by atoms with van der Waals surface area (Å²) >= 11 is 1.31. The molecule has 0 bridgehead atoms. The first kappa shape index (κ1) is 17.3. The maximum Gasteiger partial charge on any atom is 0.230 e. The number of ether oxygens (including phenoxy) is 1. The van der Waals surface area contributed by atoms with E-state index in [4.69, 9.17) is 4.74 Å².